The van der Waals surface area contributed by atoms with Crippen molar-refractivity contribution in [1.82, 2.24) is 0 Å². The Morgan fingerprint density at radius 1 is 1.18 bits per heavy atom. The molecule has 0 aromatic rings. The van der Waals surface area contributed by atoms with Gasteiger partial charge in [0.05, 0.1) is 12.1 Å². The number of carbonyl (C=O) groups is 3. The molecule has 0 saturated carbocycles. The maximum Gasteiger partial charge on any atom is 0.369 e. The molecule has 128 valence electrons. The van der Waals surface area contributed by atoms with Crippen LogP contribution in [-0.2, 0) is 19.1 Å². The van der Waals surface area contributed by atoms with Gasteiger partial charge in [-0.25, -0.2) is 9.59 Å². The van der Waals surface area contributed by atoms with Gasteiger partial charge < -0.3 is 20.3 Å². The third-order valence-electron chi connectivity index (χ3n) is 1.60. The van der Waals surface area contributed by atoms with Gasteiger partial charge in [-0.15, -0.1) is 0 Å². The minimum Gasteiger partial charge on any atom is -0.480 e. The molecule has 0 aliphatic carbocycles. The number of esters is 1. The second-order valence-electron chi connectivity index (χ2n) is 2.99. The third-order valence-corrected chi connectivity index (χ3v) is 2.05. The van der Waals surface area contributed by atoms with Crippen LogP contribution in [-0.4, -0.2) is 41.9 Å². The number of allylic oxidation sites excluding steroid dienone is 2. The van der Waals surface area contributed by atoms with E-state index < -0.39 is 17.2 Å². The van der Waals surface area contributed by atoms with Gasteiger partial charge in [0.25, 0.3) is 0 Å². The van der Waals surface area contributed by atoms with E-state index in [0.29, 0.717) is 5.57 Å². The van der Waals surface area contributed by atoms with Crippen molar-refractivity contribution in [1.29, 1.82) is 0 Å². The van der Waals surface area contributed by atoms with E-state index in [1.807, 2.05) is 13.8 Å². The highest BCUT2D eigenvalue weighted by Crippen LogP contribution is 2.02. The normalized spacial score (nSPS) is 9.82. The maximum atomic E-state index is 11.3. The first-order valence-corrected chi connectivity index (χ1v) is 7.74. The molecule has 7 nitrogen and oxygen atoms in total. The molecule has 3 N–H and O–H groups in total. The van der Waals surface area contributed by atoms with Crippen molar-refractivity contribution in [2.24, 2.45) is 5.73 Å². The molecule has 22 heavy (non-hydrogen) atoms. The molecule has 0 bridgehead atoms. The van der Waals surface area contributed by atoms with Crippen molar-refractivity contribution < 1.29 is 29.0 Å². The minimum atomic E-state index is -0.968. The van der Waals surface area contributed by atoms with E-state index in [1.54, 1.807) is 38.3 Å². The SMILES string of the molecule is C/C=C\C(=C/C)C(=O)OCOC(=O)SC.CC.NCC(=O)O. The molecular formula is C14H25NO6S. The number of hydrogen-bond donors (Lipinski definition) is 2. The molecule has 0 unspecified atom stereocenters. The standard InChI is InChI=1S/C10H14O4S.C2H5NO2.C2H6/c1-4-6-8(5-2)9(11)13-7-14-10(12)15-3;3-1-2(4)5;1-2/h4-6H,7H2,1-3H3;1,3H2,(H,4,5);1-2H3/b6-4-,8-5+;;. The molecule has 0 aliphatic heterocycles. The van der Waals surface area contributed by atoms with Gasteiger partial charge in [0.1, 0.15) is 0 Å². The number of thioether (sulfide) groups is 1. The summed E-state index contributed by atoms with van der Waals surface area (Å²) in [5.41, 5.74) is 5.00. The van der Waals surface area contributed by atoms with Crippen molar-refractivity contribution in [2.75, 3.05) is 19.6 Å². The molecule has 0 heterocycles. The first-order valence-electron chi connectivity index (χ1n) is 6.51. The third kappa shape index (κ3) is 18.2. The molecule has 0 atom stereocenters. The van der Waals surface area contributed by atoms with Crippen LogP contribution in [0.4, 0.5) is 4.79 Å². The molecule has 0 spiro atoms. The molecule has 0 rings (SSSR count). The van der Waals surface area contributed by atoms with Crippen LogP contribution in [0.1, 0.15) is 27.7 Å². The second-order valence-corrected chi connectivity index (χ2v) is 3.73. The van der Waals surface area contributed by atoms with Crippen LogP contribution in [0.5, 0.6) is 0 Å². The highest BCUT2D eigenvalue weighted by molar-refractivity contribution is 8.12. The highest BCUT2D eigenvalue weighted by atomic mass is 32.2. The van der Waals surface area contributed by atoms with Crippen molar-refractivity contribution >= 4 is 29.0 Å². The summed E-state index contributed by atoms with van der Waals surface area (Å²) in [6, 6.07) is 0. The van der Waals surface area contributed by atoms with Gasteiger partial charge in [-0.1, -0.05) is 32.1 Å². The first-order chi connectivity index (χ1) is 10.4. The van der Waals surface area contributed by atoms with Gasteiger partial charge in [-0.3, -0.25) is 4.79 Å². The van der Waals surface area contributed by atoms with E-state index >= 15 is 0 Å². The Balaban J connectivity index is -0.000000434. The lowest BCUT2D eigenvalue weighted by molar-refractivity contribution is -0.146. The van der Waals surface area contributed by atoms with Crippen molar-refractivity contribution in [3.63, 3.8) is 0 Å². The lowest BCUT2D eigenvalue weighted by atomic mass is 10.2. The monoisotopic (exact) mass is 335 g/mol. The van der Waals surface area contributed by atoms with Gasteiger partial charge in [0, 0.05) is 0 Å². The Labute approximate surface area is 135 Å². The van der Waals surface area contributed by atoms with Gasteiger partial charge in [-0.2, -0.15) is 0 Å². The van der Waals surface area contributed by atoms with Crippen LogP contribution in [0, 0.1) is 0 Å². The van der Waals surface area contributed by atoms with Crippen LogP contribution in [0.3, 0.4) is 0 Å². The molecule has 0 amide bonds. The average molecular weight is 335 g/mol. The molecule has 0 aliphatic rings. The van der Waals surface area contributed by atoms with Crippen molar-refractivity contribution in [3.8, 4) is 0 Å². The summed E-state index contributed by atoms with van der Waals surface area (Å²) >= 11 is 0.920. The summed E-state index contributed by atoms with van der Waals surface area (Å²) < 4.78 is 9.27. The summed E-state index contributed by atoms with van der Waals surface area (Å²) in [7, 11) is 0. The molecule has 0 fully saturated rings. The Bertz CT molecular complexity index is 380. The Kier molecular flexibility index (Phi) is 22.0. The summed E-state index contributed by atoms with van der Waals surface area (Å²) in [4.78, 5) is 31.2. The number of carboxylic acid groups (broad SMARTS) is 1. The zero-order valence-corrected chi connectivity index (χ0v) is 14.4. The largest absolute Gasteiger partial charge is 0.480 e. The van der Waals surface area contributed by atoms with Crippen LogP contribution in [0.15, 0.2) is 23.8 Å². The van der Waals surface area contributed by atoms with E-state index in [2.05, 4.69) is 10.5 Å². The van der Waals surface area contributed by atoms with Gasteiger partial charge in [-0.05, 0) is 31.9 Å². The van der Waals surface area contributed by atoms with E-state index in [9.17, 15) is 14.4 Å². The van der Waals surface area contributed by atoms with Crippen LogP contribution in [0.25, 0.3) is 0 Å². The summed E-state index contributed by atoms with van der Waals surface area (Å²) in [6.45, 7) is 6.89. The Hall–Kier alpha value is -1.80. The quantitative estimate of drug-likeness (QED) is 0.341. The summed E-state index contributed by atoms with van der Waals surface area (Å²) in [5, 5.41) is 7.12. The predicted molar refractivity (Wildman–Crippen MR) is 87.6 cm³/mol. The Morgan fingerprint density at radius 3 is 2.00 bits per heavy atom. The first kappa shape index (κ1) is 25.2. The van der Waals surface area contributed by atoms with Gasteiger partial charge >= 0.3 is 17.2 Å². The minimum absolute atomic E-state index is 0.278. The van der Waals surface area contributed by atoms with Gasteiger partial charge in [0.2, 0.25) is 6.79 Å². The summed E-state index contributed by atoms with van der Waals surface area (Å²) in [6.07, 6.45) is 6.56. The van der Waals surface area contributed by atoms with Crippen LogP contribution < -0.4 is 5.73 Å². The molecule has 0 aromatic heterocycles. The fourth-order valence-corrected chi connectivity index (χ4v) is 0.901. The number of nitrogens with two attached hydrogens (primary N) is 1. The van der Waals surface area contributed by atoms with Gasteiger partial charge in [0.15, 0.2) is 0 Å². The molecular weight excluding hydrogens is 310 g/mol. The highest BCUT2D eigenvalue weighted by Gasteiger charge is 2.07. The topological polar surface area (TPSA) is 116 Å². The predicted octanol–water partition coefficient (Wildman–Crippen LogP) is 2.57. The van der Waals surface area contributed by atoms with E-state index in [0.717, 1.165) is 11.8 Å². The number of aliphatic carboxylic acids is 1. The fraction of sp³-hybridized carbons (Fsp3) is 0.500. The molecule has 0 saturated heterocycles. The molecule has 0 radical (unpaired) electrons. The van der Waals surface area contributed by atoms with Crippen LogP contribution in [0.2, 0.25) is 0 Å². The fourth-order valence-electron chi connectivity index (χ4n) is 0.735. The Morgan fingerprint density at radius 2 is 1.68 bits per heavy atom. The zero-order valence-electron chi connectivity index (χ0n) is 13.6. The number of rotatable bonds is 5. The number of carboxylic acids is 1. The average Bonchev–Trinajstić information content (AvgIpc) is 2.54. The number of hydrogen-bond acceptors (Lipinski definition) is 7. The maximum absolute atomic E-state index is 11.3. The van der Waals surface area contributed by atoms with E-state index in [4.69, 9.17) is 9.84 Å². The smallest absolute Gasteiger partial charge is 0.369 e. The summed E-state index contributed by atoms with van der Waals surface area (Å²) in [5.74, 6) is -1.48. The van der Waals surface area contributed by atoms with E-state index in [1.165, 1.54) is 0 Å². The van der Waals surface area contributed by atoms with Crippen molar-refractivity contribution in [3.05, 3.63) is 23.8 Å². The second kappa shape index (κ2) is 19.2. The number of carbonyl (C=O) groups excluding carboxylic acids is 2. The molecule has 0 aromatic carbocycles. The lowest BCUT2D eigenvalue weighted by Crippen LogP contribution is -2.11. The zero-order chi connectivity index (χ0) is 18.0. The lowest BCUT2D eigenvalue weighted by Gasteiger charge is -2.04. The molecule has 8 heteroatoms. The van der Waals surface area contributed by atoms with Crippen LogP contribution >= 0.6 is 11.8 Å². The number of ether oxygens (including phenoxy) is 2. The van der Waals surface area contributed by atoms with Crippen molar-refractivity contribution in [2.45, 2.75) is 27.7 Å². The van der Waals surface area contributed by atoms with E-state index in [-0.39, 0.29) is 13.3 Å².